The van der Waals surface area contributed by atoms with Gasteiger partial charge in [-0.25, -0.2) is 0 Å². The van der Waals surface area contributed by atoms with Gasteiger partial charge in [0.05, 0.1) is 12.5 Å². The standard InChI is InChI=1S/C18H26F3N3O2/c1-13(2)26-15-5-3-4-14(10-15)11-17(25)23-12-16(18(19,20)21)24-8-6-22-7-9-24/h3-5,10,13,16,22H,6-9,11-12H2,1-2H3,(H,23,25). The topological polar surface area (TPSA) is 53.6 Å². The number of nitrogens with one attached hydrogen (secondary N) is 2. The number of carbonyl (C=O) groups excluding carboxylic acids is 1. The average Bonchev–Trinajstić information content (AvgIpc) is 2.54. The molecule has 2 rings (SSSR count). The zero-order valence-corrected chi connectivity index (χ0v) is 15.1. The van der Waals surface area contributed by atoms with Gasteiger partial charge in [-0.1, -0.05) is 12.1 Å². The highest BCUT2D eigenvalue weighted by atomic mass is 19.4. The van der Waals surface area contributed by atoms with Crippen molar-refractivity contribution >= 4 is 5.91 Å². The van der Waals surface area contributed by atoms with Crippen LogP contribution in [0.5, 0.6) is 5.75 Å². The van der Waals surface area contributed by atoms with E-state index in [1.807, 2.05) is 13.8 Å². The minimum absolute atomic E-state index is 0.00523. The Bertz CT molecular complexity index is 587. The Morgan fingerprint density at radius 3 is 2.62 bits per heavy atom. The summed E-state index contributed by atoms with van der Waals surface area (Å²) in [5.74, 6) is 0.204. The number of amides is 1. The maximum atomic E-state index is 13.3. The normalized spacial score (nSPS) is 17.2. The number of hydrogen-bond acceptors (Lipinski definition) is 4. The second kappa shape index (κ2) is 9.23. The van der Waals surface area contributed by atoms with Crippen molar-refractivity contribution in [3.63, 3.8) is 0 Å². The van der Waals surface area contributed by atoms with Crippen LogP contribution in [-0.2, 0) is 11.2 Å². The number of hydrogen-bond donors (Lipinski definition) is 2. The molecule has 1 fully saturated rings. The van der Waals surface area contributed by atoms with Crippen LogP contribution < -0.4 is 15.4 Å². The molecule has 0 radical (unpaired) electrons. The molecule has 1 unspecified atom stereocenters. The summed E-state index contributed by atoms with van der Waals surface area (Å²) >= 11 is 0. The van der Waals surface area contributed by atoms with Gasteiger partial charge in [0, 0.05) is 32.7 Å². The van der Waals surface area contributed by atoms with Gasteiger partial charge >= 0.3 is 6.18 Å². The van der Waals surface area contributed by atoms with Crippen LogP contribution in [0.3, 0.4) is 0 Å². The third kappa shape index (κ3) is 6.49. The number of rotatable bonds is 7. The Hall–Kier alpha value is -1.80. The Kier molecular flexibility index (Phi) is 7.28. The molecule has 0 aromatic heterocycles. The molecular weight excluding hydrogens is 347 g/mol. The van der Waals surface area contributed by atoms with Gasteiger partial charge in [0.2, 0.25) is 5.91 Å². The van der Waals surface area contributed by atoms with E-state index in [4.69, 9.17) is 4.74 Å². The van der Waals surface area contributed by atoms with Gasteiger partial charge in [0.1, 0.15) is 11.8 Å². The maximum absolute atomic E-state index is 13.3. The summed E-state index contributed by atoms with van der Waals surface area (Å²) in [5.41, 5.74) is 0.700. The SMILES string of the molecule is CC(C)Oc1cccc(CC(=O)NCC(N2CCNCC2)C(F)(F)F)c1. The van der Waals surface area contributed by atoms with Crippen LogP contribution in [0.15, 0.2) is 24.3 Å². The first kappa shape index (κ1) is 20.5. The van der Waals surface area contributed by atoms with E-state index in [1.54, 1.807) is 24.3 Å². The number of ether oxygens (including phenoxy) is 1. The van der Waals surface area contributed by atoms with E-state index in [1.165, 1.54) is 4.90 Å². The van der Waals surface area contributed by atoms with Crippen molar-refractivity contribution in [1.29, 1.82) is 0 Å². The number of piperazine rings is 1. The van der Waals surface area contributed by atoms with Crippen LogP contribution in [0.4, 0.5) is 13.2 Å². The maximum Gasteiger partial charge on any atom is 0.405 e. The second-order valence-corrected chi connectivity index (χ2v) is 6.64. The highest BCUT2D eigenvalue weighted by Gasteiger charge is 2.43. The molecule has 1 atom stereocenters. The van der Waals surface area contributed by atoms with Crippen molar-refractivity contribution in [3.8, 4) is 5.75 Å². The van der Waals surface area contributed by atoms with Crippen LogP contribution in [0.1, 0.15) is 19.4 Å². The fourth-order valence-corrected chi connectivity index (χ4v) is 2.90. The summed E-state index contributed by atoms with van der Waals surface area (Å²) in [7, 11) is 0. The van der Waals surface area contributed by atoms with Gasteiger partial charge in [0.25, 0.3) is 0 Å². The lowest BCUT2D eigenvalue weighted by atomic mass is 10.1. The smallest absolute Gasteiger partial charge is 0.405 e. The Balaban J connectivity index is 1.91. The first-order valence-corrected chi connectivity index (χ1v) is 8.79. The predicted octanol–water partition coefficient (Wildman–Crippen LogP) is 1.97. The molecule has 8 heteroatoms. The van der Waals surface area contributed by atoms with E-state index in [0.717, 1.165) is 0 Å². The fraction of sp³-hybridized carbons (Fsp3) is 0.611. The van der Waals surface area contributed by atoms with Crippen LogP contribution in [0.25, 0.3) is 0 Å². The molecular formula is C18H26F3N3O2. The lowest BCUT2D eigenvalue weighted by Crippen LogP contribution is -2.57. The van der Waals surface area contributed by atoms with E-state index < -0.39 is 24.7 Å². The minimum atomic E-state index is -4.38. The highest BCUT2D eigenvalue weighted by Crippen LogP contribution is 2.24. The number of carbonyl (C=O) groups is 1. The lowest BCUT2D eigenvalue weighted by molar-refractivity contribution is -0.184. The molecule has 1 aliphatic rings. The fourth-order valence-electron chi connectivity index (χ4n) is 2.90. The molecule has 1 heterocycles. The van der Waals surface area contributed by atoms with Gasteiger partial charge in [-0.05, 0) is 31.5 Å². The second-order valence-electron chi connectivity index (χ2n) is 6.64. The molecule has 1 saturated heterocycles. The zero-order chi connectivity index (χ0) is 19.2. The van der Waals surface area contributed by atoms with Crippen LogP contribution in [0, 0.1) is 0 Å². The Morgan fingerprint density at radius 2 is 2.00 bits per heavy atom. The number of alkyl halides is 3. The van der Waals surface area contributed by atoms with Crippen molar-refractivity contribution in [1.82, 2.24) is 15.5 Å². The number of halogens is 3. The molecule has 0 saturated carbocycles. The first-order chi connectivity index (χ1) is 12.3. The summed E-state index contributed by atoms with van der Waals surface area (Å²) in [6, 6.07) is 5.37. The molecule has 1 aromatic carbocycles. The summed E-state index contributed by atoms with van der Waals surface area (Å²) in [6.45, 7) is 5.01. The quantitative estimate of drug-likeness (QED) is 0.767. The van der Waals surface area contributed by atoms with Gasteiger partial charge in [0.15, 0.2) is 0 Å². The minimum Gasteiger partial charge on any atom is -0.491 e. The van der Waals surface area contributed by atoms with Crippen LogP contribution in [-0.4, -0.2) is 61.9 Å². The van der Waals surface area contributed by atoms with Gasteiger partial charge < -0.3 is 15.4 Å². The molecule has 1 aliphatic heterocycles. The van der Waals surface area contributed by atoms with E-state index in [2.05, 4.69) is 10.6 Å². The summed E-state index contributed by atoms with van der Waals surface area (Å²) in [4.78, 5) is 13.5. The molecule has 1 amide bonds. The van der Waals surface area contributed by atoms with E-state index in [0.29, 0.717) is 37.5 Å². The summed E-state index contributed by atoms with van der Waals surface area (Å²) in [6.07, 6.45) is -4.36. The van der Waals surface area contributed by atoms with Crippen molar-refractivity contribution in [3.05, 3.63) is 29.8 Å². The third-order valence-corrected chi connectivity index (χ3v) is 4.10. The Labute approximate surface area is 151 Å². The molecule has 0 spiro atoms. The third-order valence-electron chi connectivity index (χ3n) is 4.10. The number of benzene rings is 1. The van der Waals surface area contributed by atoms with Gasteiger partial charge in [-0.3, -0.25) is 9.69 Å². The molecule has 146 valence electrons. The van der Waals surface area contributed by atoms with Crippen molar-refractivity contribution in [2.24, 2.45) is 0 Å². The zero-order valence-electron chi connectivity index (χ0n) is 15.1. The van der Waals surface area contributed by atoms with E-state index in [9.17, 15) is 18.0 Å². The first-order valence-electron chi connectivity index (χ1n) is 8.79. The highest BCUT2D eigenvalue weighted by molar-refractivity contribution is 5.78. The average molecular weight is 373 g/mol. The van der Waals surface area contributed by atoms with E-state index in [-0.39, 0.29) is 12.5 Å². The van der Waals surface area contributed by atoms with Gasteiger partial charge in [-0.15, -0.1) is 0 Å². The lowest BCUT2D eigenvalue weighted by Gasteiger charge is -2.35. The van der Waals surface area contributed by atoms with Crippen molar-refractivity contribution in [2.75, 3.05) is 32.7 Å². The van der Waals surface area contributed by atoms with Crippen molar-refractivity contribution < 1.29 is 22.7 Å². The monoisotopic (exact) mass is 373 g/mol. The molecule has 1 aromatic rings. The van der Waals surface area contributed by atoms with Crippen molar-refractivity contribution in [2.45, 2.75) is 38.6 Å². The van der Waals surface area contributed by atoms with Crippen LogP contribution >= 0.6 is 0 Å². The summed E-state index contributed by atoms with van der Waals surface area (Å²) < 4.78 is 45.5. The van der Waals surface area contributed by atoms with E-state index >= 15 is 0 Å². The molecule has 26 heavy (non-hydrogen) atoms. The van der Waals surface area contributed by atoms with Crippen LogP contribution in [0.2, 0.25) is 0 Å². The molecule has 2 N–H and O–H groups in total. The Morgan fingerprint density at radius 1 is 1.31 bits per heavy atom. The predicted molar refractivity (Wildman–Crippen MR) is 93.2 cm³/mol. The largest absolute Gasteiger partial charge is 0.491 e. The van der Waals surface area contributed by atoms with Gasteiger partial charge in [-0.2, -0.15) is 13.2 Å². The molecule has 0 bridgehead atoms. The summed E-state index contributed by atoms with van der Waals surface area (Å²) in [5, 5.41) is 5.46. The number of nitrogens with zero attached hydrogens (tertiary/aromatic N) is 1. The molecule has 5 nitrogen and oxygen atoms in total. The molecule has 0 aliphatic carbocycles.